The lowest BCUT2D eigenvalue weighted by molar-refractivity contribution is 0.0718. The second kappa shape index (κ2) is 7.74. The van der Waals surface area contributed by atoms with Gasteiger partial charge in [0.05, 0.1) is 19.8 Å². The van der Waals surface area contributed by atoms with Crippen molar-refractivity contribution in [1.29, 1.82) is 0 Å². The van der Waals surface area contributed by atoms with Crippen LogP contribution in [-0.4, -0.2) is 51.7 Å². The Hall–Kier alpha value is -1.40. The molecule has 2 rings (SSSR count). The molecule has 1 fully saturated rings. The van der Waals surface area contributed by atoms with Crippen LogP contribution >= 0.6 is 0 Å². The van der Waals surface area contributed by atoms with Gasteiger partial charge in [0.25, 0.3) is 0 Å². The molecule has 0 bridgehead atoms. The largest absolute Gasteiger partial charge is 0.496 e. The predicted octanol–water partition coefficient (Wildman–Crippen LogP) is 2.61. The molecule has 0 aliphatic carbocycles. The summed E-state index contributed by atoms with van der Waals surface area (Å²) in [6.45, 7) is 5.00. The number of ether oxygens (including phenoxy) is 2. The average Bonchev–Trinajstić information content (AvgIpc) is 2.52. The SMILES string of the molecule is COc1cc(C)cc(OC)c1[C@@H](CC(F)F)N1CCNCC1. The lowest BCUT2D eigenvalue weighted by Crippen LogP contribution is -2.45. The van der Waals surface area contributed by atoms with Crippen LogP contribution in [0.25, 0.3) is 0 Å². The van der Waals surface area contributed by atoms with E-state index in [0.29, 0.717) is 11.5 Å². The minimum atomic E-state index is -2.38. The number of nitrogens with one attached hydrogen (secondary N) is 1. The fourth-order valence-electron chi connectivity index (χ4n) is 3.01. The molecular formula is C16H24F2N2O2. The molecule has 1 saturated heterocycles. The van der Waals surface area contributed by atoms with E-state index < -0.39 is 12.5 Å². The van der Waals surface area contributed by atoms with Crippen molar-refractivity contribution in [2.45, 2.75) is 25.8 Å². The molecule has 1 aliphatic heterocycles. The van der Waals surface area contributed by atoms with Crippen molar-refractivity contribution in [2.24, 2.45) is 0 Å². The van der Waals surface area contributed by atoms with Crippen LogP contribution < -0.4 is 14.8 Å². The number of piperazine rings is 1. The molecule has 1 heterocycles. The first-order valence-corrected chi connectivity index (χ1v) is 7.52. The Morgan fingerprint density at radius 1 is 1.14 bits per heavy atom. The molecule has 0 radical (unpaired) electrons. The molecule has 1 aromatic rings. The van der Waals surface area contributed by atoms with Crippen LogP contribution in [0.3, 0.4) is 0 Å². The number of aryl methyl sites for hydroxylation is 1. The number of methoxy groups -OCH3 is 2. The summed E-state index contributed by atoms with van der Waals surface area (Å²) in [6.07, 6.45) is -2.61. The Kier molecular flexibility index (Phi) is 5.97. The zero-order valence-electron chi connectivity index (χ0n) is 13.4. The van der Waals surface area contributed by atoms with Crippen molar-refractivity contribution in [3.8, 4) is 11.5 Å². The third-order valence-corrected chi connectivity index (χ3v) is 4.02. The smallest absolute Gasteiger partial charge is 0.240 e. The van der Waals surface area contributed by atoms with Gasteiger partial charge in [0.1, 0.15) is 11.5 Å². The molecule has 0 aromatic heterocycles. The second-order valence-electron chi connectivity index (χ2n) is 5.51. The van der Waals surface area contributed by atoms with Crippen molar-refractivity contribution < 1.29 is 18.3 Å². The second-order valence-corrected chi connectivity index (χ2v) is 5.51. The first-order valence-electron chi connectivity index (χ1n) is 7.52. The van der Waals surface area contributed by atoms with Gasteiger partial charge in [-0.3, -0.25) is 4.90 Å². The van der Waals surface area contributed by atoms with Gasteiger partial charge in [-0.1, -0.05) is 0 Å². The quantitative estimate of drug-likeness (QED) is 0.875. The number of alkyl halides is 2. The highest BCUT2D eigenvalue weighted by atomic mass is 19.3. The standard InChI is InChI=1S/C16H24F2N2O2/c1-11-8-13(21-2)16(14(9-11)22-3)12(10-15(17)18)20-6-4-19-5-7-20/h8-9,12,15,19H,4-7,10H2,1-3H3/t12-/m1/s1. The van der Waals surface area contributed by atoms with Crippen LogP contribution in [0.4, 0.5) is 8.78 Å². The minimum Gasteiger partial charge on any atom is -0.496 e. The molecule has 6 heteroatoms. The molecule has 1 N–H and O–H groups in total. The maximum Gasteiger partial charge on any atom is 0.240 e. The topological polar surface area (TPSA) is 33.7 Å². The predicted molar refractivity (Wildman–Crippen MR) is 82.1 cm³/mol. The molecule has 0 amide bonds. The van der Waals surface area contributed by atoms with Gasteiger partial charge in [-0.15, -0.1) is 0 Å². The maximum absolute atomic E-state index is 13.2. The lowest BCUT2D eigenvalue weighted by Gasteiger charge is -2.36. The number of halogens is 2. The summed E-state index contributed by atoms with van der Waals surface area (Å²) in [4.78, 5) is 2.08. The Bertz CT molecular complexity index is 466. The Morgan fingerprint density at radius 3 is 2.14 bits per heavy atom. The average molecular weight is 314 g/mol. The van der Waals surface area contributed by atoms with E-state index in [1.165, 1.54) is 0 Å². The third-order valence-electron chi connectivity index (χ3n) is 4.02. The van der Waals surface area contributed by atoms with Crippen molar-refractivity contribution in [1.82, 2.24) is 10.2 Å². The summed E-state index contributed by atoms with van der Waals surface area (Å²) in [5, 5.41) is 3.25. The first kappa shape index (κ1) is 17.0. The van der Waals surface area contributed by atoms with Crippen molar-refractivity contribution in [3.63, 3.8) is 0 Å². The highest BCUT2D eigenvalue weighted by Crippen LogP contribution is 2.41. The van der Waals surface area contributed by atoms with E-state index in [-0.39, 0.29) is 6.42 Å². The van der Waals surface area contributed by atoms with Gasteiger partial charge in [0, 0.05) is 38.6 Å². The maximum atomic E-state index is 13.2. The summed E-state index contributed by atoms with van der Waals surface area (Å²) >= 11 is 0. The van der Waals surface area contributed by atoms with E-state index in [1.54, 1.807) is 14.2 Å². The van der Waals surface area contributed by atoms with Gasteiger partial charge in [-0.2, -0.15) is 0 Å². The van der Waals surface area contributed by atoms with Crippen LogP contribution in [0, 0.1) is 6.92 Å². The number of nitrogens with zero attached hydrogens (tertiary/aromatic N) is 1. The van der Waals surface area contributed by atoms with Crippen LogP contribution in [0.5, 0.6) is 11.5 Å². The van der Waals surface area contributed by atoms with Crippen LogP contribution in [-0.2, 0) is 0 Å². The van der Waals surface area contributed by atoms with E-state index in [0.717, 1.165) is 37.3 Å². The summed E-state index contributed by atoms with van der Waals surface area (Å²) < 4.78 is 37.2. The van der Waals surface area contributed by atoms with E-state index >= 15 is 0 Å². The van der Waals surface area contributed by atoms with Crippen molar-refractivity contribution in [3.05, 3.63) is 23.3 Å². The highest BCUT2D eigenvalue weighted by Gasteiger charge is 2.30. The van der Waals surface area contributed by atoms with E-state index in [9.17, 15) is 8.78 Å². The number of benzene rings is 1. The molecule has 1 atom stereocenters. The Balaban J connectivity index is 2.45. The van der Waals surface area contributed by atoms with Gasteiger partial charge in [-0.25, -0.2) is 8.78 Å². The zero-order chi connectivity index (χ0) is 16.1. The molecule has 22 heavy (non-hydrogen) atoms. The van der Waals surface area contributed by atoms with E-state index in [4.69, 9.17) is 9.47 Å². The summed E-state index contributed by atoms with van der Waals surface area (Å²) in [5.74, 6) is 1.22. The number of hydrogen-bond acceptors (Lipinski definition) is 4. The van der Waals surface area contributed by atoms with E-state index in [1.807, 2.05) is 19.1 Å². The molecule has 0 unspecified atom stereocenters. The molecule has 1 aromatic carbocycles. The van der Waals surface area contributed by atoms with Crippen LogP contribution in [0.1, 0.15) is 23.6 Å². The fourth-order valence-corrected chi connectivity index (χ4v) is 3.01. The molecular weight excluding hydrogens is 290 g/mol. The minimum absolute atomic E-state index is 0.226. The van der Waals surface area contributed by atoms with Crippen molar-refractivity contribution >= 4 is 0 Å². The van der Waals surface area contributed by atoms with E-state index in [2.05, 4.69) is 10.2 Å². The molecule has 0 saturated carbocycles. The van der Waals surface area contributed by atoms with Crippen LogP contribution in [0.15, 0.2) is 12.1 Å². The summed E-state index contributed by atoms with van der Waals surface area (Å²) in [7, 11) is 3.13. The Labute approximate surface area is 130 Å². The molecule has 4 nitrogen and oxygen atoms in total. The van der Waals surface area contributed by atoms with Gasteiger partial charge in [0.2, 0.25) is 6.43 Å². The zero-order valence-corrected chi connectivity index (χ0v) is 13.4. The van der Waals surface area contributed by atoms with Gasteiger partial charge in [-0.05, 0) is 24.6 Å². The normalized spacial score (nSPS) is 17.5. The third kappa shape index (κ3) is 3.87. The molecule has 1 aliphatic rings. The van der Waals surface area contributed by atoms with Gasteiger partial charge in [0.15, 0.2) is 0 Å². The highest BCUT2D eigenvalue weighted by molar-refractivity contribution is 5.50. The summed E-state index contributed by atoms with van der Waals surface area (Å²) in [6, 6.07) is 3.34. The Morgan fingerprint density at radius 2 is 1.68 bits per heavy atom. The number of rotatable bonds is 6. The molecule has 0 spiro atoms. The first-order chi connectivity index (χ1) is 10.6. The van der Waals surface area contributed by atoms with Crippen molar-refractivity contribution in [2.75, 3.05) is 40.4 Å². The fraction of sp³-hybridized carbons (Fsp3) is 0.625. The lowest BCUT2D eigenvalue weighted by atomic mass is 9.97. The monoisotopic (exact) mass is 314 g/mol. The summed E-state index contributed by atoms with van der Waals surface area (Å²) in [5.41, 5.74) is 1.70. The van der Waals surface area contributed by atoms with Gasteiger partial charge >= 0.3 is 0 Å². The number of hydrogen-bond donors (Lipinski definition) is 1. The van der Waals surface area contributed by atoms with Gasteiger partial charge < -0.3 is 14.8 Å². The molecule has 124 valence electrons. The van der Waals surface area contributed by atoms with Crippen LogP contribution in [0.2, 0.25) is 0 Å².